The lowest BCUT2D eigenvalue weighted by atomic mass is 9.97. The topological polar surface area (TPSA) is 65.1 Å². The molecule has 1 aromatic carbocycles. The minimum atomic E-state index is -1.16. The zero-order chi connectivity index (χ0) is 19.4. The lowest BCUT2D eigenvalue weighted by Crippen LogP contribution is -2.59. The third kappa shape index (κ3) is 4.55. The molecule has 2 rings (SSSR count). The van der Waals surface area contributed by atoms with Crippen LogP contribution in [0, 0.1) is 0 Å². The van der Waals surface area contributed by atoms with E-state index in [1.54, 1.807) is 20.8 Å². The number of hydrogen-bond acceptors (Lipinski definition) is 5. The lowest BCUT2D eigenvalue weighted by molar-refractivity contribution is -0.158. The molecular formula is C20H29NO5. The third-order valence-electron chi connectivity index (χ3n) is 4.49. The average molecular weight is 363 g/mol. The molecule has 1 heterocycles. The van der Waals surface area contributed by atoms with Crippen LogP contribution in [-0.2, 0) is 25.6 Å². The molecule has 0 aromatic heterocycles. The molecule has 0 spiro atoms. The van der Waals surface area contributed by atoms with Crippen molar-refractivity contribution >= 4 is 12.1 Å². The fraction of sp³-hybridized carbons (Fsp3) is 0.600. The lowest BCUT2D eigenvalue weighted by Gasteiger charge is -2.38. The van der Waals surface area contributed by atoms with E-state index in [2.05, 4.69) is 0 Å². The van der Waals surface area contributed by atoms with Gasteiger partial charge in [-0.3, -0.25) is 4.90 Å². The van der Waals surface area contributed by atoms with Crippen LogP contribution in [0.5, 0.6) is 0 Å². The smallest absolute Gasteiger partial charge is 0.411 e. The summed E-state index contributed by atoms with van der Waals surface area (Å²) in [5.74, 6) is -0.472. The van der Waals surface area contributed by atoms with Crippen molar-refractivity contribution < 1.29 is 23.8 Å². The van der Waals surface area contributed by atoms with E-state index in [0.717, 1.165) is 5.56 Å². The molecule has 0 bridgehead atoms. The number of likely N-dealkylation sites (tertiary alicyclic amines) is 1. The van der Waals surface area contributed by atoms with Crippen molar-refractivity contribution in [3.8, 4) is 0 Å². The Morgan fingerprint density at radius 3 is 2.46 bits per heavy atom. The molecule has 0 N–H and O–H groups in total. The molecule has 6 heteroatoms. The summed E-state index contributed by atoms with van der Waals surface area (Å²) in [6.45, 7) is 7.74. The van der Waals surface area contributed by atoms with Gasteiger partial charge < -0.3 is 14.2 Å². The highest BCUT2D eigenvalue weighted by Crippen LogP contribution is 2.37. The van der Waals surface area contributed by atoms with Gasteiger partial charge in [-0.1, -0.05) is 30.3 Å². The van der Waals surface area contributed by atoms with Crippen LogP contribution < -0.4 is 0 Å². The van der Waals surface area contributed by atoms with E-state index < -0.39 is 23.2 Å². The molecule has 144 valence electrons. The summed E-state index contributed by atoms with van der Waals surface area (Å²) in [6, 6.07) is 9.56. The number of rotatable bonds is 5. The molecule has 1 aromatic rings. The highest BCUT2D eigenvalue weighted by atomic mass is 16.6. The molecule has 1 fully saturated rings. The summed E-state index contributed by atoms with van der Waals surface area (Å²) in [6.07, 6.45) is 0.647. The Kier molecular flexibility index (Phi) is 6.29. The van der Waals surface area contributed by atoms with E-state index in [1.165, 1.54) is 12.0 Å². The van der Waals surface area contributed by atoms with Crippen LogP contribution in [0.15, 0.2) is 30.3 Å². The first kappa shape index (κ1) is 20.2. The van der Waals surface area contributed by atoms with E-state index in [4.69, 9.17) is 14.2 Å². The molecule has 2 atom stereocenters. The van der Waals surface area contributed by atoms with Gasteiger partial charge in [0.15, 0.2) is 5.54 Å². The van der Waals surface area contributed by atoms with Crippen LogP contribution in [0.1, 0.15) is 46.1 Å². The molecule has 1 saturated heterocycles. The van der Waals surface area contributed by atoms with Crippen LogP contribution in [0.2, 0.25) is 0 Å². The first-order valence-corrected chi connectivity index (χ1v) is 8.92. The number of benzene rings is 1. The van der Waals surface area contributed by atoms with Gasteiger partial charge in [0.1, 0.15) is 5.60 Å². The first-order chi connectivity index (χ1) is 12.2. The number of amides is 1. The van der Waals surface area contributed by atoms with Gasteiger partial charge in [-0.05, 0) is 46.1 Å². The molecule has 1 amide bonds. The highest BCUT2D eigenvalue weighted by Gasteiger charge is 2.55. The summed E-state index contributed by atoms with van der Waals surface area (Å²) in [5, 5.41) is 0. The second-order valence-corrected chi connectivity index (χ2v) is 7.74. The van der Waals surface area contributed by atoms with Gasteiger partial charge in [-0.15, -0.1) is 0 Å². The number of carbonyl (C=O) groups is 2. The molecule has 0 aliphatic carbocycles. The van der Waals surface area contributed by atoms with Crippen molar-refractivity contribution in [1.82, 2.24) is 4.90 Å². The van der Waals surface area contributed by atoms with Crippen molar-refractivity contribution in [2.45, 2.75) is 64.3 Å². The van der Waals surface area contributed by atoms with Gasteiger partial charge >= 0.3 is 12.1 Å². The van der Waals surface area contributed by atoms with Crippen LogP contribution >= 0.6 is 0 Å². The van der Waals surface area contributed by atoms with E-state index in [1.807, 2.05) is 37.3 Å². The van der Waals surface area contributed by atoms with Crippen LogP contribution in [0.3, 0.4) is 0 Å². The number of esters is 1. The Morgan fingerprint density at radius 1 is 1.23 bits per heavy atom. The van der Waals surface area contributed by atoms with Crippen LogP contribution in [0.4, 0.5) is 4.79 Å². The third-order valence-corrected chi connectivity index (χ3v) is 4.49. The van der Waals surface area contributed by atoms with Crippen molar-refractivity contribution in [2.75, 3.05) is 13.7 Å². The second-order valence-electron chi connectivity index (χ2n) is 7.74. The van der Waals surface area contributed by atoms with Crippen LogP contribution in [-0.4, -0.2) is 47.9 Å². The molecule has 0 radical (unpaired) electrons. The molecule has 1 aliphatic rings. The molecule has 26 heavy (non-hydrogen) atoms. The molecule has 0 saturated carbocycles. The zero-order valence-electron chi connectivity index (χ0n) is 16.3. The molecule has 6 nitrogen and oxygen atoms in total. The SMILES string of the molecule is COC(=O)C1(COCc2ccccc2)CCC(C)N1C(=O)OC(C)(C)C. The standard InChI is InChI=1S/C20H29NO5/c1-15-11-12-20(17(22)24-5,21(15)18(23)26-19(2,3)4)14-25-13-16-9-7-6-8-10-16/h6-10,15H,11-14H2,1-5H3. The van der Waals surface area contributed by atoms with Gasteiger partial charge in [0.05, 0.1) is 20.3 Å². The van der Waals surface area contributed by atoms with E-state index in [0.29, 0.717) is 19.4 Å². The van der Waals surface area contributed by atoms with E-state index in [9.17, 15) is 9.59 Å². The Bertz CT molecular complexity index is 625. The van der Waals surface area contributed by atoms with E-state index in [-0.39, 0.29) is 12.6 Å². The average Bonchev–Trinajstić information content (AvgIpc) is 2.91. The number of methoxy groups -OCH3 is 1. The fourth-order valence-corrected chi connectivity index (χ4v) is 3.29. The molecular weight excluding hydrogens is 334 g/mol. The monoisotopic (exact) mass is 363 g/mol. The first-order valence-electron chi connectivity index (χ1n) is 8.92. The van der Waals surface area contributed by atoms with Crippen molar-refractivity contribution in [2.24, 2.45) is 0 Å². The number of carbonyl (C=O) groups excluding carboxylic acids is 2. The maximum Gasteiger partial charge on any atom is 0.411 e. The van der Waals surface area contributed by atoms with Crippen molar-refractivity contribution in [3.63, 3.8) is 0 Å². The maximum atomic E-state index is 12.8. The summed E-state index contributed by atoms with van der Waals surface area (Å²) >= 11 is 0. The second kappa shape index (κ2) is 8.08. The largest absolute Gasteiger partial charge is 0.467 e. The highest BCUT2D eigenvalue weighted by molar-refractivity contribution is 5.87. The number of hydrogen-bond donors (Lipinski definition) is 0. The number of nitrogens with zero attached hydrogens (tertiary/aromatic N) is 1. The van der Waals surface area contributed by atoms with Gasteiger partial charge in [0.2, 0.25) is 0 Å². The molecule has 2 unspecified atom stereocenters. The quantitative estimate of drug-likeness (QED) is 0.749. The fourth-order valence-electron chi connectivity index (χ4n) is 3.29. The van der Waals surface area contributed by atoms with E-state index >= 15 is 0 Å². The Labute approximate surface area is 155 Å². The maximum absolute atomic E-state index is 12.8. The zero-order valence-corrected chi connectivity index (χ0v) is 16.3. The summed E-state index contributed by atoms with van der Waals surface area (Å²) in [4.78, 5) is 26.9. The predicted molar refractivity (Wildman–Crippen MR) is 97.6 cm³/mol. The van der Waals surface area contributed by atoms with Crippen molar-refractivity contribution in [3.05, 3.63) is 35.9 Å². The van der Waals surface area contributed by atoms with Gasteiger partial charge in [0, 0.05) is 6.04 Å². The van der Waals surface area contributed by atoms with Gasteiger partial charge in [-0.2, -0.15) is 0 Å². The Hall–Kier alpha value is -2.08. The Balaban J connectivity index is 2.19. The summed E-state index contributed by atoms with van der Waals surface area (Å²) < 4.78 is 16.4. The molecule has 1 aliphatic heterocycles. The number of ether oxygens (including phenoxy) is 3. The predicted octanol–water partition coefficient (Wildman–Crippen LogP) is 3.53. The van der Waals surface area contributed by atoms with Gasteiger partial charge in [-0.25, -0.2) is 9.59 Å². The normalized spacial score (nSPS) is 23.0. The minimum absolute atomic E-state index is 0.0676. The van der Waals surface area contributed by atoms with Crippen molar-refractivity contribution in [1.29, 1.82) is 0 Å². The summed E-state index contributed by atoms with van der Waals surface area (Å²) in [5.41, 5.74) is -0.806. The van der Waals surface area contributed by atoms with Gasteiger partial charge in [0.25, 0.3) is 0 Å². The van der Waals surface area contributed by atoms with Crippen LogP contribution in [0.25, 0.3) is 0 Å². The Morgan fingerprint density at radius 2 is 1.88 bits per heavy atom. The minimum Gasteiger partial charge on any atom is -0.467 e. The summed E-state index contributed by atoms with van der Waals surface area (Å²) in [7, 11) is 1.33.